The lowest BCUT2D eigenvalue weighted by atomic mass is 10.00. The molecule has 0 spiro atoms. The molecule has 3 aromatic rings. The lowest BCUT2D eigenvalue weighted by Gasteiger charge is -2.30. The first-order valence-corrected chi connectivity index (χ1v) is 10.4. The van der Waals surface area contributed by atoms with Gasteiger partial charge in [-0.15, -0.1) is 0 Å². The summed E-state index contributed by atoms with van der Waals surface area (Å²) < 4.78 is 24.6. The number of rotatable bonds is 5. The molecule has 1 fully saturated rings. The third kappa shape index (κ3) is 4.40. The Bertz CT molecular complexity index is 1120. The average molecular weight is 423 g/mol. The van der Waals surface area contributed by atoms with Crippen LogP contribution in [0, 0.1) is 11.7 Å². The van der Waals surface area contributed by atoms with Crippen LogP contribution in [0.2, 0.25) is 0 Å². The van der Waals surface area contributed by atoms with Crippen LogP contribution < -0.4 is 14.8 Å². The first-order chi connectivity index (χ1) is 15.0. The van der Waals surface area contributed by atoms with E-state index in [1.807, 2.05) is 4.90 Å². The Balaban J connectivity index is 1.82. The van der Waals surface area contributed by atoms with Crippen molar-refractivity contribution in [1.82, 2.24) is 9.88 Å². The second kappa shape index (κ2) is 8.79. The first-order valence-electron chi connectivity index (χ1n) is 10.4. The SMILES string of the molecule is COc1cc2nc(C(=O)N3CCC[C@@H](C)C3)cc(Nc3cccc(F)c3)c2cc1OC. The second-order valence-corrected chi connectivity index (χ2v) is 7.91. The highest BCUT2D eigenvalue weighted by Gasteiger charge is 2.24. The number of piperidine rings is 1. The molecule has 6 nitrogen and oxygen atoms in total. The number of anilines is 2. The maximum atomic E-state index is 13.7. The highest BCUT2D eigenvalue weighted by molar-refractivity contribution is 6.01. The Morgan fingerprint density at radius 3 is 2.65 bits per heavy atom. The third-order valence-corrected chi connectivity index (χ3v) is 5.58. The zero-order valence-corrected chi connectivity index (χ0v) is 17.9. The van der Waals surface area contributed by atoms with Crippen molar-refractivity contribution in [2.45, 2.75) is 19.8 Å². The first kappa shape index (κ1) is 20.9. The second-order valence-electron chi connectivity index (χ2n) is 7.91. The van der Waals surface area contributed by atoms with Crippen LogP contribution in [0.25, 0.3) is 10.9 Å². The Hall–Kier alpha value is -3.35. The molecule has 1 aromatic heterocycles. The zero-order chi connectivity index (χ0) is 22.0. The maximum absolute atomic E-state index is 13.7. The Morgan fingerprint density at radius 1 is 1.16 bits per heavy atom. The molecule has 31 heavy (non-hydrogen) atoms. The summed E-state index contributed by atoms with van der Waals surface area (Å²) in [5.41, 5.74) is 2.15. The minimum absolute atomic E-state index is 0.106. The molecule has 1 aliphatic rings. The molecule has 1 saturated heterocycles. The van der Waals surface area contributed by atoms with Gasteiger partial charge in [0.05, 0.1) is 25.4 Å². The van der Waals surface area contributed by atoms with Gasteiger partial charge < -0.3 is 19.7 Å². The van der Waals surface area contributed by atoms with E-state index in [0.717, 1.165) is 31.3 Å². The van der Waals surface area contributed by atoms with Gasteiger partial charge in [-0.1, -0.05) is 13.0 Å². The number of nitrogens with one attached hydrogen (secondary N) is 1. The summed E-state index contributed by atoms with van der Waals surface area (Å²) in [4.78, 5) is 19.7. The monoisotopic (exact) mass is 423 g/mol. The topological polar surface area (TPSA) is 63.7 Å². The zero-order valence-electron chi connectivity index (χ0n) is 17.9. The van der Waals surface area contributed by atoms with Gasteiger partial charge in [0.25, 0.3) is 5.91 Å². The van der Waals surface area contributed by atoms with Crippen LogP contribution in [-0.4, -0.2) is 43.1 Å². The van der Waals surface area contributed by atoms with Crippen LogP contribution in [0.5, 0.6) is 11.5 Å². The molecule has 1 N–H and O–H groups in total. The number of benzene rings is 2. The molecule has 2 heterocycles. The number of likely N-dealkylation sites (tertiary alicyclic amines) is 1. The van der Waals surface area contributed by atoms with Gasteiger partial charge >= 0.3 is 0 Å². The highest BCUT2D eigenvalue weighted by Crippen LogP contribution is 2.36. The minimum Gasteiger partial charge on any atom is -0.493 e. The fourth-order valence-corrected chi connectivity index (χ4v) is 4.02. The largest absolute Gasteiger partial charge is 0.493 e. The van der Waals surface area contributed by atoms with E-state index in [4.69, 9.17) is 9.47 Å². The molecule has 7 heteroatoms. The molecular formula is C24H26FN3O3. The number of carbonyl (C=O) groups is 1. The molecule has 1 aliphatic heterocycles. The normalized spacial score (nSPS) is 16.3. The van der Waals surface area contributed by atoms with Gasteiger partial charge in [0, 0.05) is 30.2 Å². The molecule has 0 aliphatic carbocycles. The van der Waals surface area contributed by atoms with Gasteiger partial charge in [-0.25, -0.2) is 9.37 Å². The predicted molar refractivity (Wildman–Crippen MR) is 119 cm³/mol. The van der Waals surface area contributed by atoms with Gasteiger partial charge in [-0.3, -0.25) is 4.79 Å². The lowest BCUT2D eigenvalue weighted by Crippen LogP contribution is -2.39. The van der Waals surface area contributed by atoms with E-state index in [0.29, 0.717) is 40.0 Å². The molecule has 1 amide bonds. The van der Waals surface area contributed by atoms with E-state index in [1.165, 1.54) is 12.1 Å². The predicted octanol–water partition coefficient (Wildman–Crippen LogP) is 5.01. The number of amides is 1. The number of hydrogen-bond acceptors (Lipinski definition) is 5. The van der Waals surface area contributed by atoms with Crippen LogP contribution >= 0.6 is 0 Å². The molecule has 0 unspecified atom stereocenters. The van der Waals surface area contributed by atoms with Crippen molar-refractivity contribution in [3.63, 3.8) is 0 Å². The van der Waals surface area contributed by atoms with E-state index < -0.39 is 0 Å². The molecule has 4 rings (SSSR count). The lowest BCUT2D eigenvalue weighted by molar-refractivity contribution is 0.0677. The quantitative estimate of drug-likeness (QED) is 0.625. The number of nitrogens with zero attached hydrogens (tertiary/aromatic N) is 2. The fraction of sp³-hybridized carbons (Fsp3) is 0.333. The van der Waals surface area contributed by atoms with E-state index in [9.17, 15) is 9.18 Å². The number of halogens is 1. The maximum Gasteiger partial charge on any atom is 0.272 e. The van der Waals surface area contributed by atoms with Crippen molar-refractivity contribution in [1.29, 1.82) is 0 Å². The van der Waals surface area contributed by atoms with Gasteiger partial charge in [0.15, 0.2) is 11.5 Å². The summed E-state index contributed by atoms with van der Waals surface area (Å²) in [6.45, 7) is 3.60. The van der Waals surface area contributed by atoms with Crippen molar-refractivity contribution in [2.75, 3.05) is 32.6 Å². The summed E-state index contributed by atoms with van der Waals surface area (Å²) in [5.74, 6) is 1.08. The van der Waals surface area contributed by atoms with Crippen molar-refractivity contribution >= 4 is 28.2 Å². The smallest absolute Gasteiger partial charge is 0.272 e. The van der Waals surface area contributed by atoms with Crippen molar-refractivity contribution < 1.29 is 18.7 Å². The molecule has 0 radical (unpaired) electrons. The van der Waals surface area contributed by atoms with E-state index in [-0.39, 0.29) is 11.7 Å². The Labute approximate surface area is 181 Å². The number of carbonyl (C=O) groups excluding carboxylic acids is 1. The van der Waals surface area contributed by atoms with E-state index in [2.05, 4.69) is 17.2 Å². The summed E-state index contributed by atoms with van der Waals surface area (Å²) in [6, 6.07) is 11.5. The molecule has 0 saturated carbocycles. The van der Waals surface area contributed by atoms with Crippen LogP contribution in [0.15, 0.2) is 42.5 Å². The summed E-state index contributed by atoms with van der Waals surface area (Å²) >= 11 is 0. The van der Waals surface area contributed by atoms with Gasteiger partial charge in [0.2, 0.25) is 0 Å². The molecule has 162 valence electrons. The van der Waals surface area contributed by atoms with E-state index in [1.54, 1.807) is 44.6 Å². The Morgan fingerprint density at radius 2 is 1.94 bits per heavy atom. The average Bonchev–Trinajstić information content (AvgIpc) is 2.77. The summed E-state index contributed by atoms with van der Waals surface area (Å²) in [7, 11) is 3.12. The van der Waals surface area contributed by atoms with Crippen molar-refractivity contribution in [3.05, 3.63) is 54.0 Å². The highest BCUT2D eigenvalue weighted by atomic mass is 19.1. The number of pyridine rings is 1. The third-order valence-electron chi connectivity index (χ3n) is 5.58. The van der Waals surface area contributed by atoms with Crippen molar-refractivity contribution in [3.8, 4) is 11.5 Å². The number of methoxy groups -OCH3 is 2. The summed E-state index contributed by atoms with van der Waals surface area (Å²) in [6.07, 6.45) is 2.11. The van der Waals surface area contributed by atoms with Gasteiger partial charge in [0.1, 0.15) is 11.5 Å². The minimum atomic E-state index is -0.346. The van der Waals surface area contributed by atoms with Gasteiger partial charge in [-0.05, 0) is 49.1 Å². The summed E-state index contributed by atoms with van der Waals surface area (Å²) in [5, 5.41) is 3.98. The molecular weight excluding hydrogens is 397 g/mol. The molecule has 1 atom stereocenters. The fourth-order valence-electron chi connectivity index (χ4n) is 4.02. The molecule has 2 aromatic carbocycles. The van der Waals surface area contributed by atoms with Crippen LogP contribution in [0.4, 0.5) is 15.8 Å². The van der Waals surface area contributed by atoms with Crippen LogP contribution in [0.1, 0.15) is 30.3 Å². The molecule has 0 bridgehead atoms. The standard InChI is InChI=1S/C24H26FN3O3/c1-15-6-5-9-28(14-15)24(29)21-12-19(26-17-8-4-7-16(25)10-17)18-11-22(30-2)23(31-3)13-20(18)27-21/h4,7-8,10-13,15H,5-6,9,14H2,1-3H3,(H,26,27)/t15-/m1/s1. The van der Waals surface area contributed by atoms with Gasteiger partial charge in [-0.2, -0.15) is 0 Å². The van der Waals surface area contributed by atoms with Crippen LogP contribution in [-0.2, 0) is 0 Å². The number of hydrogen-bond donors (Lipinski definition) is 1. The number of fused-ring (bicyclic) bond motifs is 1. The van der Waals surface area contributed by atoms with Crippen LogP contribution in [0.3, 0.4) is 0 Å². The number of ether oxygens (including phenoxy) is 2. The Kier molecular flexibility index (Phi) is 5.93. The van der Waals surface area contributed by atoms with Crippen molar-refractivity contribution in [2.24, 2.45) is 5.92 Å². The number of aromatic nitrogens is 1. The van der Waals surface area contributed by atoms with E-state index >= 15 is 0 Å².